The van der Waals surface area contributed by atoms with Gasteiger partial charge in [0.1, 0.15) is 5.82 Å². The molecule has 0 aromatic heterocycles. The molecular formula is C14H17ClF4N2. The minimum atomic E-state index is -4.15. The highest BCUT2D eigenvalue weighted by atomic mass is 35.5. The summed E-state index contributed by atoms with van der Waals surface area (Å²) in [4.78, 5) is 1.41. The summed E-state index contributed by atoms with van der Waals surface area (Å²) < 4.78 is 50.4. The Hall–Kier alpha value is -0.850. The number of nitrogens with one attached hydrogen (secondary N) is 1. The van der Waals surface area contributed by atoms with E-state index in [0.29, 0.717) is 36.6 Å². The highest BCUT2D eigenvalue weighted by Crippen LogP contribution is 2.23. The number of hydrogen-bond acceptors (Lipinski definition) is 2. The largest absolute Gasteiger partial charge is 0.401 e. The topological polar surface area (TPSA) is 15.3 Å². The molecule has 1 unspecified atom stereocenters. The van der Waals surface area contributed by atoms with E-state index in [-0.39, 0.29) is 18.3 Å². The van der Waals surface area contributed by atoms with Crippen molar-refractivity contribution < 1.29 is 17.6 Å². The Balaban J connectivity index is 1.75. The molecule has 1 aliphatic heterocycles. The van der Waals surface area contributed by atoms with Crippen LogP contribution < -0.4 is 5.32 Å². The van der Waals surface area contributed by atoms with Gasteiger partial charge in [-0.15, -0.1) is 0 Å². The molecule has 7 heteroatoms. The SMILES string of the molecule is Fc1cccc(Cl)c1CNCC1CCN(CC(F)(F)F)C1. The zero-order valence-corrected chi connectivity index (χ0v) is 12.1. The zero-order valence-electron chi connectivity index (χ0n) is 11.4. The van der Waals surface area contributed by atoms with Crippen LogP contribution in [0.25, 0.3) is 0 Å². The lowest BCUT2D eigenvalue weighted by molar-refractivity contribution is -0.143. The molecule has 0 saturated carbocycles. The average Bonchev–Trinajstić information content (AvgIpc) is 2.78. The molecule has 0 aliphatic carbocycles. The van der Waals surface area contributed by atoms with Gasteiger partial charge in [-0.25, -0.2) is 4.39 Å². The number of likely N-dealkylation sites (tertiary alicyclic amines) is 1. The summed E-state index contributed by atoms with van der Waals surface area (Å²) in [6.45, 7) is 0.840. The molecule has 1 fully saturated rings. The van der Waals surface area contributed by atoms with Crippen molar-refractivity contribution in [3.8, 4) is 0 Å². The first-order valence-electron chi connectivity index (χ1n) is 6.78. The van der Waals surface area contributed by atoms with E-state index >= 15 is 0 Å². The van der Waals surface area contributed by atoms with Gasteiger partial charge in [-0.05, 0) is 37.6 Å². The maximum atomic E-state index is 13.5. The molecule has 2 nitrogen and oxygen atoms in total. The van der Waals surface area contributed by atoms with E-state index in [2.05, 4.69) is 5.32 Å². The fourth-order valence-corrected chi connectivity index (χ4v) is 2.81. The zero-order chi connectivity index (χ0) is 15.5. The molecule has 1 aromatic carbocycles. The predicted octanol–water partition coefficient (Wildman–Crippen LogP) is 3.45. The maximum absolute atomic E-state index is 13.5. The Kier molecular flexibility index (Phi) is 5.46. The van der Waals surface area contributed by atoms with Gasteiger partial charge in [-0.2, -0.15) is 13.2 Å². The third-order valence-corrected chi connectivity index (χ3v) is 3.92. The summed E-state index contributed by atoms with van der Waals surface area (Å²) in [6.07, 6.45) is -3.43. The van der Waals surface area contributed by atoms with Crippen LogP contribution >= 0.6 is 11.6 Å². The second kappa shape index (κ2) is 6.94. The van der Waals surface area contributed by atoms with Crippen LogP contribution in [0.3, 0.4) is 0 Å². The van der Waals surface area contributed by atoms with Crippen molar-refractivity contribution in [3.63, 3.8) is 0 Å². The minimum Gasteiger partial charge on any atom is -0.312 e. The van der Waals surface area contributed by atoms with Crippen LogP contribution in [0.2, 0.25) is 5.02 Å². The number of rotatable bonds is 5. The van der Waals surface area contributed by atoms with Crippen molar-refractivity contribution >= 4 is 11.6 Å². The maximum Gasteiger partial charge on any atom is 0.401 e. The number of halogens is 5. The summed E-state index contributed by atoms with van der Waals surface area (Å²) in [7, 11) is 0. The van der Waals surface area contributed by atoms with Crippen molar-refractivity contribution in [2.24, 2.45) is 5.92 Å². The van der Waals surface area contributed by atoms with Crippen LogP contribution in [0.5, 0.6) is 0 Å². The lowest BCUT2D eigenvalue weighted by atomic mass is 10.1. The lowest BCUT2D eigenvalue weighted by Crippen LogP contribution is -2.33. The molecule has 0 bridgehead atoms. The normalized spacial score (nSPS) is 20.1. The van der Waals surface area contributed by atoms with E-state index in [1.54, 1.807) is 6.07 Å². The van der Waals surface area contributed by atoms with E-state index in [0.717, 1.165) is 0 Å². The van der Waals surface area contributed by atoms with Crippen LogP contribution in [0.1, 0.15) is 12.0 Å². The van der Waals surface area contributed by atoms with Gasteiger partial charge in [-0.1, -0.05) is 17.7 Å². The van der Waals surface area contributed by atoms with Crippen molar-refractivity contribution in [1.29, 1.82) is 0 Å². The smallest absolute Gasteiger partial charge is 0.312 e. The minimum absolute atomic E-state index is 0.151. The molecular weight excluding hydrogens is 308 g/mol. The van der Waals surface area contributed by atoms with Gasteiger partial charge in [0.05, 0.1) is 6.54 Å². The van der Waals surface area contributed by atoms with E-state index in [1.807, 2.05) is 0 Å². The molecule has 118 valence electrons. The molecule has 1 aliphatic rings. The fourth-order valence-electron chi connectivity index (χ4n) is 2.58. The van der Waals surface area contributed by atoms with Crippen LogP contribution in [0.15, 0.2) is 18.2 Å². The molecule has 1 saturated heterocycles. The summed E-state index contributed by atoms with van der Waals surface area (Å²) in [5.74, 6) is -0.224. The average molecular weight is 325 g/mol. The van der Waals surface area contributed by atoms with Crippen LogP contribution in [0.4, 0.5) is 17.6 Å². The Labute approximate surface area is 126 Å². The highest BCUT2D eigenvalue weighted by molar-refractivity contribution is 6.31. The molecule has 2 rings (SSSR count). The molecule has 0 spiro atoms. The Morgan fingerprint density at radius 2 is 2.10 bits per heavy atom. The Morgan fingerprint density at radius 1 is 1.33 bits per heavy atom. The number of hydrogen-bond donors (Lipinski definition) is 1. The highest BCUT2D eigenvalue weighted by Gasteiger charge is 2.34. The van der Waals surface area contributed by atoms with Crippen LogP contribution in [-0.4, -0.2) is 37.3 Å². The van der Waals surface area contributed by atoms with Crippen LogP contribution in [0, 0.1) is 11.7 Å². The first-order valence-corrected chi connectivity index (χ1v) is 7.15. The third kappa shape index (κ3) is 5.13. The molecule has 21 heavy (non-hydrogen) atoms. The molecule has 0 radical (unpaired) electrons. The first kappa shape index (κ1) is 16.5. The van der Waals surface area contributed by atoms with Crippen molar-refractivity contribution in [1.82, 2.24) is 10.2 Å². The van der Waals surface area contributed by atoms with Gasteiger partial charge in [0, 0.05) is 23.7 Å². The first-order chi connectivity index (χ1) is 9.85. The standard InChI is InChI=1S/C14H17ClF4N2/c15-12-2-1-3-13(16)11(12)7-20-6-10-4-5-21(8-10)9-14(17,18)19/h1-3,10,20H,4-9H2. The molecule has 1 atom stereocenters. The van der Waals surface area contributed by atoms with E-state index in [4.69, 9.17) is 11.6 Å². The number of nitrogens with zero attached hydrogens (tertiary/aromatic N) is 1. The summed E-state index contributed by atoms with van der Waals surface area (Å²) >= 11 is 5.91. The van der Waals surface area contributed by atoms with E-state index in [1.165, 1.54) is 17.0 Å². The van der Waals surface area contributed by atoms with E-state index < -0.39 is 12.7 Å². The summed E-state index contributed by atoms with van der Waals surface area (Å²) in [6, 6.07) is 4.49. The second-order valence-corrected chi connectivity index (χ2v) is 5.74. The summed E-state index contributed by atoms with van der Waals surface area (Å²) in [5, 5.41) is 3.43. The molecule has 1 aromatic rings. The van der Waals surface area contributed by atoms with Gasteiger partial charge in [0.2, 0.25) is 0 Å². The van der Waals surface area contributed by atoms with Gasteiger partial charge in [0.15, 0.2) is 0 Å². The Bertz CT molecular complexity index is 458. The lowest BCUT2D eigenvalue weighted by Gasteiger charge is -2.18. The van der Waals surface area contributed by atoms with Crippen molar-refractivity contribution in [3.05, 3.63) is 34.6 Å². The number of benzene rings is 1. The predicted molar refractivity (Wildman–Crippen MR) is 73.7 cm³/mol. The second-order valence-electron chi connectivity index (χ2n) is 5.34. The quantitative estimate of drug-likeness (QED) is 0.835. The van der Waals surface area contributed by atoms with Gasteiger partial charge in [0.25, 0.3) is 0 Å². The fraction of sp³-hybridized carbons (Fsp3) is 0.571. The molecule has 1 heterocycles. The molecule has 0 amide bonds. The van der Waals surface area contributed by atoms with Crippen molar-refractivity contribution in [2.75, 3.05) is 26.2 Å². The monoisotopic (exact) mass is 324 g/mol. The van der Waals surface area contributed by atoms with E-state index in [9.17, 15) is 17.6 Å². The third-order valence-electron chi connectivity index (χ3n) is 3.57. The molecule has 1 N–H and O–H groups in total. The van der Waals surface area contributed by atoms with Gasteiger partial charge < -0.3 is 5.32 Å². The van der Waals surface area contributed by atoms with Gasteiger partial charge >= 0.3 is 6.18 Å². The number of alkyl halides is 3. The van der Waals surface area contributed by atoms with Crippen molar-refractivity contribution in [2.45, 2.75) is 19.1 Å². The van der Waals surface area contributed by atoms with Crippen LogP contribution in [-0.2, 0) is 6.54 Å². The Morgan fingerprint density at radius 3 is 2.76 bits per heavy atom. The van der Waals surface area contributed by atoms with Gasteiger partial charge in [-0.3, -0.25) is 4.90 Å². The summed E-state index contributed by atoms with van der Waals surface area (Å²) in [5.41, 5.74) is 0.393.